The molecule has 120 valence electrons. The third kappa shape index (κ3) is 4.20. The summed E-state index contributed by atoms with van der Waals surface area (Å²) in [5, 5.41) is 12.7. The number of urea groups is 1. The highest BCUT2D eigenvalue weighted by Gasteiger charge is 2.34. The lowest BCUT2D eigenvalue weighted by molar-refractivity contribution is -0.139. The van der Waals surface area contributed by atoms with Crippen molar-refractivity contribution < 1.29 is 23.5 Å². The molecule has 0 saturated carbocycles. The summed E-state index contributed by atoms with van der Waals surface area (Å²) in [6.45, 7) is 3.77. The van der Waals surface area contributed by atoms with Gasteiger partial charge in [-0.25, -0.2) is 4.79 Å². The zero-order chi connectivity index (χ0) is 16.1. The SMILES string of the molecule is CCOC(=O)CSc1nnc(CC2C(=O)NC(=O)NC2C)o1. The summed E-state index contributed by atoms with van der Waals surface area (Å²) in [4.78, 5) is 34.2. The number of hydrogen-bond acceptors (Lipinski definition) is 8. The fourth-order valence-corrected chi connectivity index (χ4v) is 2.51. The Morgan fingerprint density at radius 1 is 1.41 bits per heavy atom. The molecule has 0 bridgehead atoms. The first-order chi connectivity index (χ1) is 10.5. The Kier molecular flexibility index (Phi) is 5.36. The zero-order valence-electron chi connectivity index (χ0n) is 12.1. The first-order valence-electron chi connectivity index (χ1n) is 6.71. The van der Waals surface area contributed by atoms with Crippen LogP contribution in [-0.4, -0.2) is 46.5 Å². The van der Waals surface area contributed by atoms with E-state index in [9.17, 15) is 14.4 Å². The molecule has 1 saturated heterocycles. The van der Waals surface area contributed by atoms with Crippen molar-refractivity contribution in [2.75, 3.05) is 12.4 Å². The van der Waals surface area contributed by atoms with Gasteiger partial charge >= 0.3 is 12.0 Å². The molecule has 1 aromatic heterocycles. The third-order valence-corrected chi connectivity index (χ3v) is 3.79. The molecule has 0 spiro atoms. The van der Waals surface area contributed by atoms with Crippen LogP contribution in [0.25, 0.3) is 0 Å². The number of thioether (sulfide) groups is 1. The van der Waals surface area contributed by atoms with Crippen molar-refractivity contribution in [2.24, 2.45) is 5.92 Å². The van der Waals surface area contributed by atoms with Gasteiger partial charge in [-0.05, 0) is 13.8 Å². The monoisotopic (exact) mass is 328 g/mol. The van der Waals surface area contributed by atoms with Gasteiger partial charge in [-0.2, -0.15) is 0 Å². The second-order valence-electron chi connectivity index (χ2n) is 4.62. The molecule has 1 fully saturated rings. The molecule has 0 aromatic carbocycles. The number of hydrogen-bond donors (Lipinski definition) is 2. The smallest absolute Gasteiger partial charge is 0.321 e. The second-order valence-corrected chi connectivity index (χ2v) is 5.54. The minimum absolute atomic E-state index is 0.0752. The molecule has 1 aliphatic heterocycles. The molecular weight excluding hydrogens is 312 g/mol. The number of ether oxygens (including phenoxy) is 1. The Morgan fingerprint density at radius 2 is 2.18 bits per heavy atom. The maximum Gasteiger partial charge on any atom is 0.321 e. The lowest BCUT2D eigenvalue weighted by Gasteiger charge is -2.27. The van der Waals surface area contributed by atoms with Crippen molar-refractivity contribution in [1.82, 2.24) is 20.8 Å². The van der Waals surface area contributed by atoms with Crippen LogP contribution in [0.15, 0.2) is 9.64 Å². The molecule has 2 atom stereocenters. The van der Waals surface area contributed by atoms with Crippen molar-refractivity contribution in [3.63, 3.8) is 0 Å². The van der Waals surface area contributed by atoms with Gasteiger partial charge in [0.05, 0.1) is 12.5 Å². The Bertz CT molecular complexity index is 576. The molecule has 1 aromatic rings. The maximum atomic E-state index is 11.8. The zero-order valence-corrected chi connectivity index (χ0v) is 12.9. The summed E-state index contributed by atoms with van der Waals surface area (Å²) in [5.41, 5.74) is 0. The molecule has 2 unspecified atom stereocenters. The van der Waals surface area contributed by atoms with Gasteiger partial charge in [0.1, 0.15) is 5.75 Å². The number of imide groups is 1. The van der Waals surface area contributed by atoms with Crippen LogP contribution in [0.3, 0.4) is 0 Å². The molecule has 1 aliphatic rings. The van der Waals surface area contributed by atoms with Gasteiger partial charge < -0.3 is 14.5 Å². The molecule has 0 radical (unpaired) electrons. The number of nitrogens with one attached hydrogen (secondary N) is 2. The summed E-state index contributed by atoms with van der Waals surface area (Å²) < 4.78 is 10.2. The normalized spacial score (nSPS) is 21.2. The highest BCUT2D eigenvalue weighted by molar-refractivity contribution is 7.99. The summed E-state index contributed by atoms with van der Waals surface area (Å²) >= 11 is 1.07. The van der Waals surface area contributed by atoms with Crippen LogP contribution in [0.4, 0.5) is 4.79 Å². The minimum Gasteiger partial charge on any atom is -0.465 e. The molecule has 10 heteroatoms. The van der Waals surface area contributed by atoms with Gasteiger partial charge in [0.25, 0.3) is 5.22 Å². The molecule has 22 heavy (non-hydrogen) atoms. The Morgan fingerprint density at radius 3 is 2.86 bits per heavy atom. The topological polar surface area (TPSA) is 123 Å². The number of esters is 1. The van der Waals surface area contributed by atoms with Crippen LogP contribution >= 0.6 is 11.8 Å². The quantitative estimate of drug-likeness (QED) is 0.557. The van der Waals surface area contributed by atoms with Gasteiger partial charge in [-0.3, -0.25) is 14.9 Å². The molecule has 2 heterocycles. The Hall–Kier alpha value is -2.10. The fourth-order valence-electron chi connectivity index (χ4n) is 1.94. The Balaban J connectivity index is 1.90. The number of carbonyl (C=O) groups excluding carboxylic acids is 3. The predicted octanol–water partition coefficient (Wildman–Crippen LogP) is 0.111. The van der Waals surface area contributed by atoms with Crippen molar-refractivity contribution >= 4 is 29.7 Å². The van der Waals surface area contributed by atoms with Crippen molar-refractivity contribution in [1.29, 1.82) is 0 Å². The largest absolute Gasteiger partial charge is 0.465 e. The van der Waals surface area contributed by atoms with Crippen molar-refractivity contribution in [3.05, 3.63) is 5.89 Å². The van der Waals surface area contributed by atoms with Crippen LogP contribution in [0.2, 0.25) is 0 Å². The van der Waals surface area contributed by atoms with Crippen LogP contribution in [-0.2, 0) is 20.7 Å². The van der Waals surface area contributed by atoms with Gasteiger partial charge in [0, 0.05) is 12.5 Å². The average Bonchev–Trinajstić information content (AvgIpc) is 2.89. The van der Waals surface area contributed by atoms with Gasteiger partial charge in [-0.1, -0.05) is 11.8 Å². The van der Waals surface area contributed by atoms with E-state index in [2.05, 4.69) is 20.8 Å². The number of amides is 3. The van der Waals surface area contributed by atoms with E-state index in [-0.39, 0.29) is 41.2 Å². The van der Waals surface area contributed by atoms with E-state index in [1.807, 2.05) is 0 Å². The van der Waals surface area contributed by atoms with Crippen LogP contribution < -0.4 is 10.6 Å². The number of aromatic nitrogens is 2. The average molecular weight is 328 g/mol. The van der Waals surface area contributed by atoms with E-state index in [1.165, 1.54) is 0 Å². The highest BCUT2D eigenvalue weighted by Crippen LogP contribution is 2.20. The van der Waals surface area contributed by atoms with Crippen molar-refractivity contribution in [2.45, 2.75) is 31.5 Å². The lowest BCUT2D eigenvalue weighted by atomic mass is 9.95. The van der Waals surface area contributed by atoms with Gasteiger partial charge in [0.2, 0.25) is 11.8 Å². The molecule has 9 nitrogen and oxygen atoms in total. The first kappa shape index (κ1) is 16.3. The Labute approximate surface area is 130 Å². The third-order valence-electron chi connectivity index (χ3n) is 3.00. The van der Waals surface area contributed by atoms with E-state index in [4.69, 9.17) is 9.15 Å². The van der Waals surface area contributed by atoms with Crippen LogP contribution in [0.5, 0.6) is 0 Å². The summed E-state index contributed by atoms with van der Waals surface area (Å²) in [5.74, 6) is -0.882. The van der Waals surface area contributed by atoms with Crippen LogP contribution in [0.1, 0.15) is 19.7 Å². The number of nitrogens with zero attached hydrogens (tertiary/aromatic N) is 2. The maximum absolute atomic E-state index is 11.8. The van der Waals surface area contributed by atoms with E-state index in [0.717, 1.165) is 11.8 Å². The first-order valence-corrected chi connectivity index (χ1v) is 7.70. The molecule has 2 N–H and O–H groups in total. The number of carbonyl (C=O) groups is 3. The molecule has 3 amide bonds. The van der Waals surface area contributed by atoms with E-state index in [1.54, 1.807) is 13.8 Å². The summed E-state index contributed by atoms with van der Waals surface area (Å²) in [7, 11) is 0. The highest BCUT2D eigenvalue weighted by atomic mass is 32.2. The van der Waals surface area contributed by atoms with Gasteiger partial charge in [0.15, 0.2) is 0 Å². The van der Waals surface area contributed by atoms with Crippen LogP contribution in [0, 0.1) is 5.92 Å². The number of rotatable bonds is 6. The minimum atomic E-state index is -0.509. The summed E-state index contributed by atoms with van der Waals surface area (Å²) in [6, 6.07) is -0.839. The lowest BCUT2D eigenvalue weighted by Crippen LogP contribution is -2.57. The molecule has 2 rings (SSSR count). The predicted molar refractivity (Wildman–Crippen MR) is 75.0 cm³/mol. The van der Waals surface area contributed by atoms with Crippen molar-refractivity contribution in [3.8, 4) is 0 Å². The van der Waals surface area contributed by atoms with E-state index < -0.39 is 11.9 Å². The van der Waals surface area contributed by atoms with Gasteiger partial charge in [-0.15, -0.1) is 10.2 Å². The molecule has 0 aliphatic carbocycles. The standard InChI is InChI=1S/C12H16N4O5S/c1-3-20-9(17)5-22-12-16-15-8(21-12)4-7-6(2)13-11(19)14-10(7)18/h6-7H,3-5H2,1-2H3,(H2,13,14,18,19). The van der Waals surface area contributed by atoms with E-state index in [0.29, 0.717) is 6.61 Å². The second kappa shape index (κ2) is 7.25. The molecular formula is C12H16N4O5S. The van der Waals surface area contributed by atoms with E-state index >= 15 is 0 Å². The summed E-state index contributed by atoms with van der Waals surface area (Å²) in [6.07, 6.45) is 0.209. The fraction of sp³-hybridized carbons (Fsp3) is 0.583.